The number of hydrazine groups is 1. The molecule has 2 aromatic carbocycles. The molecule has 0 saturated carbocycles. The number of methoxy groups -OCH3 is 1. The first kappa shape index (κ1) is 14.9. The lowest BCUT2D eigenvalue weighted by molar-refractivity contribution is 0.0950. The van der Waals surface area contributed by atoms with Crippen LogP contribution < -0.4 is 21.3 Å². The van der Waals surface area contributed by atoms with Crippen LogP contribution >= 0.6 is 0 Å². The SMILES string of the molecule is COc1cccc(CNC(=O)c2ccc(NN)cc2C)c1. The second-order valence-corrected chi connectivity index (χ2v) is 4.71. The van der Waals surface area contributed by atoms with Gasteiger partial charge in [0.2, 0.25) is 0 Å². The fourth-order valence-corrected chi connectivity index (χ4v) is 2.07. The molecule has 2 rings (SSSR count). The van der Waals surface area contributed by atoms with Crippen molar-refractivity contribution in [3.05, 3.63) is 59.2 Å². The third-order valence-corrected chi connectivity index (χ3v) is 3.22. The Balaban J connectivity index is 2.04. The van der Waals surface area contributed by atoms with Gasteiger partial charge in [0.25, 0.3) is 5.91 Å². The summed E-state index contributed by atoms with van der Waals surface area (Å²) in [4.78, 5) is 12.2. The Bertz CT molecular complexity index is 641. The van der Waals surface area contributed by atoms with Gasteiger partial charge in [0.1, 0.15) is 5.75 Å². The molecule has 0 aliphatic rings. The first-order valence-electron chi connectivity index (χ1n) is 6.62. The maximum atomic E-state index is 12.2. The fourth-order valence-electron chi connectivity index (χ4n) is 2.07. The molecule has 0 spiro atoms. The Labute approximate surface area is 124 Å². The summed E-state index contributed by atoms with van der Waals surface area (Å²) in [5.74, 6) is 6.01. The second kappa shape index (κ2) is 6.76. The van der Waals surface area contributed by atoms with Crippen molar-refractivity contribution in [1.82, 2.24) is 5.32 Å². The Morgan fingerprint density at radius 2 is 2.05 bits per heavy atom. The Morgan fingerprint density at radius 3 is 2.71 bits per heavy atom. The van der Waals surface area contributed by atoms with Gasteiger partial charge in [-0.25, -0.2) is 0 Å². The predicted molar refractivity (Wildman–Crippen MR) is 83.2 cm³/mol. The summed E-state index contributed by atoms with van der Waals surface area (Å²) in [6, 6.07) is 13.0. The standard InChI is InChI=1S/C16H19N3O2/c1-11-8-13(19-17)6-7-15(11)16(20)18-10-12-4-3-5-14(9-12)21-2/h3-9,19H,10,17H2,1-2H3,(H,18,20). The van der Waals surface area contributed by atoms with Crippen molar-refractivity contribution in [2.45, 2.75) is 13.5 Å². The van der Waals surface area contributed by atoms with Gasteiger partial charge in [-0.05, 0) is 48.4 Å². The van der Waals surface area contributed by atoms with Crippen molar-refractivity contribution in [3.63, 3.8) is 0 Å². The van der Waals surface area contributed by atoms with Gasteiger partial charge in [-0.15, -0.1) is 0 Å². The molecule has 0 aliphatic heterocycles. The maximum absolute atomic E-state index is 12.2. The number of carbonyl (C=O) groups is 1. The molecule has 21 heavy (non-hydrogen) atoms. The van der Waals surface area contributed by atoms with E-state index in [4.69, 9.17) is 10.6 Å². The number of nitrogens with two attached hydrogens (primary N) is 1. The summed E-state index contributed by atoms with van der Waals surface area (Å²) in [5.41, 5.74) is 5.83. The second-order valence-electron chi connectivity index (χ2n) is 4.71. The van der Waals surface area contributed by atoms with E-state index in [0.29, 0.717) is 12.1 Å². The average Bonchev–Trinajstić information content (AvgIpc) is 2.52. The van der Waals surface area contributed by atoms with Gasteiger partial charge >= 0.3 is 0 Å². The minimum absolute atomic E-state index is 0.112. The molecule has 4 N–H and O–H groups in total. The molecule has 5 nitrogen and oxygen atoms in total. The summed E-state index contributed by atoms with van der Waals surface area (Å²) in [7, 11) is 1.62. The minimum atomic E-state index is -0.112. The third kappa shape index (κ3) is 3.73. The summed E-state index contributed by atoms with van der Waals surface area (Å²) in [6.45, 7) is 2.33. The minimum Gasteiger partial charge on any atom is -0.497 e. The average molecular weight is 285 g/mol. The number of ether oxygens (including phenoxy) is 1. The molecule has 0 atom stereocenters. The first-order valence-corrected chi connectivity index (χ1v) is 6.62. The highest BCUT2D eigenvalue weighted by Crippen LogP contribution is 2.15. The molecule has 2 aromatic rings. The van der Waals surface area contributed by atoms with Crippen LogP contribution in [0.5, 0.6) is 5.75 Å². The van der Waals surface area contributed by atoms with E-state index < -0.39 is 0 Å². The zero-order valence-electron chi connectivity index (χ0n) is 12.1. The van der Waals surface area contributed by atoms with E-state index >= 15 is 0 Å². The predicted octanol–water partition coefficient (Wildman–Crippen LogP) is 2.22. The van der Waals surface area contributed by atoms with Crippen molar-refractivity contribution in [1.29, 1.82) is 0 Å². The molecule has 0 aliphatic carbocycles. The monoisotopic (exact) mass is 285 g/mol. The summed E-state index contributed by atoms with van der Waals surface area (Å²) >= 11 is 0. The lowest BCUT2D eigenvalue weighted by Crippen LogP contribution is -2.23. The normalized spacial score (nSPS) is 10.0. The molecule has 110 valence electrons. The zero-order chi connectivity index (χ0) is 15.2. The van der Waals surface area contributed by atoms with Crippen LogP contribution in [0.1, 0.15) is 21.5 Å². The number of aryl methyl sites for hydroxylation is 1. The largest absolute Gasteiger partial charge is 0.497 e. The van der Waals surface area contributed by atoms with E-state index in [2.05, 4.69) is 10.7 Å². The van der Waals surface area contributed by atoms with Crippen LogP contribution in [-0.4, -0.2) is 13.0 Å². The van der Waals surface area contributed by atoms with Crippen molar-refractivity contribution in [2.24, 2.45) is 5.84 Å². The van der Waals surface area contributed by atoms with Crippen LogP contribution in [0.4, 0.5) is 5.69 Å². The van der Waals surface area contributed by atoms with Crippen molar-refractivity contribution in [3.8, 4) is 5.75 Å². The lowest BCUT2D eigenvalue weighted by Gasteiger charge is -2.10. The number of carbonyl (C=O) groups excluding carboxylic acids is 1. The van der Waals surface area contributed by atoms with Gasteiger partial charge in [-0.1, -0.05) is 12.1 Å². The Morgan fingerprint density at radius 1 is 1.24 bits per heavy atom. The quantitative estimate of drug-likeness (QED) is 0.581. The highest BCUT2D eigenvalue weighted by molar-refractivity contribution is 5.96. The molecule has 0 radical (unpaired) electrons. The number of rotatable bonds is 5. The molecule has 0 saturated heterocycles. The topological polar surface area (TPSA) is 76.4 Å². The fraction of sp³-hybridized carbons (Fsp3) is 0.188. The molecule has 5 heteroatoms. The highest BCUT2D eigenvalue weighted by atomic mass is 16.5. The summed E-state index contributed by atoms with van der Waals surface area (Å²) in [5, 5.41) is 2.90. The molecular formula is C16H19N3O2. The maximum Gasteiger partial charge on any atom is 0.251 e. The first-order chi connectivity index (χ1) is 10.1. The Kier molecular flexibility index (Phi) is 4.79. The van der Waals surface area contributed by atoms with Crippen LogP contribution in [0.25, 0.3) is 0 Å². The number of hydrogen-bond acceptors (Lipinski definition) is 4. The number of benzene rings is 2. The number of amides is 1. The molecule has 0 unspecified atom stereocenters. The van der Waals surface area contributed by atoms with Gasteiger partial charge in [0.15, 0.2) is 0 Å². The third-order valence-electron chi connectivity index (χ3n) is 3.22. The molecule has 0 aromatic heterocycles. The number of anilines is 1. The zero-order valence-corrected chi connectivity index (χ0v) is 12.1. The molecular weight excluding hydrogens is 266 g/mol. The van der Waals surface area contributed by atoms with Crippen molar-refractivity contribution in [2.75, 3.05) is 12.5 Å². The summed E-state index contributed by atoms with van der Waals surface area (Å²) in [6.07, 6.45) is 0. The number of nitrogen functional groups attached to an aromatic ring is 1. The van der Waals surface area contributed by atoms with Gasteiger partial charge in [0.05, 0.1) is 7.11 Å². The van der Waals surface area contributed by atoms with Gasteiger partial charge in [-0.3, -0.25) is 10.6 Å². The van der Waals surface area contributed by atoms with E-state index in [9.17, 15) is 4.79 Å². The van der Waals surface area contributed by atoms with Crippen LogP contribution in [0, 0.1) is 6.92 Å². The molecule has 0 bridgehead atoms. The Hall–Kier alpha value is -2.53. The number of nitrogens with one attached hydrogen (secondary N) is 2. The number of hydrogen-bond donors (Lipinski definition) is 3. The van der Waals surface area contributed by atoms with Gasteiger partial charge < -0.3 is 15.5 Å². The van der Waals surface area contributed by atoms with E-state index in [0.717, 1.165) is 22.6 Å². The van der Waals surface area contributed by atoms with Crippen LogP contribution in [0.2, 0.25) is 0 Å². The van der Waals surface area contributed by atoms with E-state index in [1.807, 2.05) is 37.3 Å². The van der Waals surface area contributed by atoms with Crippen LogP contribution in [0.3, 0.4) is 0 Å². The van der Waals surface area contributed by atoms with Crippen molar-refractivity contribution >= 4 is 11.6 Å². The summed E-state index contributed by atoms with van der Waals surface area (Å²) < 4.78 is 5.16. The highest BCUT2D eigenvalue weighted by Gasteiger charge is 2.09. The van der Waals surface area contributed by atoms with Crippen LogP contribution in [0.15, 0.2) is 42.5 Å². The lowest BCUT2D eigenvalue weighted by atomic mass is 10.1. The molecule has 0 heterocycles. The van der Waals surface area contributed by atoms with E-state index in [-0.39, 0.29) is 5.91 Å². The molecule has 1 amide bonds. The van der Waals surface area contributed by atoms with E-state index in [1.54, 1.807) is 19.2 Å². The van der Waals surface area contributed by atoms with Gasteiger partial charge in [-0.2, -0.15) is 0 Å². The molecule has 0 fully saturated rings. The van der Waals surface area contributed by atoms with Crippen molar-refractivity contribution < 1.29 is 9.53 Å². The van der Waals surface area contributed by atoms with E-state index in [1.165, 1.54) is 0 Å². The van der Waals surface area contributed by atoms with Crippen LogP contribution in [-0.2, 0) is 6.54 Å². The smallest absolute Gasteiger partial charge is 0.251 e. The van der Waals surface area contributed by atoms with Gasteiger partial charge in [0, 0.05) is 17.8 Å².